The molecule has 7 nitrogen and oxygen atoms in total. The lowest BCUT2D eigenvalue weighted by molar-refractivity contribution is -0.384. The average Bonchev–Trinajstić information content (AvgIpc) is 2.67. The van der Waals surface area contributed by atoms with Crippen LogP contribution in [0.15, 0.2) is 60.8 Å². The highest BCUT2D eigenvalue weighted by molar-refractivity contribution is 5.90. The van der Waals surface area contributed by atoms with Crippen LogP contribution in [0, 0.1) is 10.1 Å². The van der Waals surface area contributed by atoms with E-state index in [1.54, 1.807) is 24.4 Å². The largest absolute Gasteiger partial charge is 0.382 e. The molecule has 0 saturated heterocycles. The van der Waals surface area contributed by atoms with Crippen LogP contribution < -0.4 is 16.0 Å². The summed E-state index contributed by atoms with van der Waals surface area (Å²) in [5, 5.41) is 21.9. The summed E-state index contributed by atoms with van der Waals surface area (Å²) in [6, 6.07) is 16.7. The van der Waals surface area contributed by atoms with E-state index in [-0.39, 0.29) is 10.6 Å². The van der Waals surface area contributed by atoms with Crippen molar-refractivity contribution < 1.29 is 4.92 Å². The Labute approximate surface area is 151 Å². The highest BCUT2D eigenvalue weighted by Gasteiger charge is 2.10. The van der Waals surface area contributed by atoms with Gasteiger partial charge in [-0.05, 0) is 18.2 Å². The molecule has 0 aliphatic rings. The number of para-hydroxylation sites is 3. The van der Waals surface area contributed by atoms with Gasteiger partial charge < -0.3 is 16.0 Å². The minimum Gasteiger partial charge on any atom is -0.382 e. The van der Waals surface area contributed by atoms with E-state index in [0.29, 0.717) is 18.8 Å². The smallest absolute Gasteiger partial charge is 0.292 e. The molecule has 0 spiro atoms. The number of nitrogens with zero attached hydrogens (tertiary/aromatic N) is 2. The van der Waals surface area contributed by atoms with Gasteiger partial charge in [0.05, 0.1) is 16.1 Å². The summed E-state index contributed by atoms with van der Waals surface area (Å²) in [4.78, 5) is 15.0. The number of anilines is 2. The lowest BCUT2D eigenvalue weighted by Crippen LogP contribution is -2.27. The molecule has 3 N–H and O–H groups in total. The van der Waals surface area contributed by atoms with Gasteiger partial charge in [0.1, 0.15) is 5.69 Å². The first-order valence-corrected chi connectivity index (χ1v) is 8.51. The monoisotopic (exact) mass is 351 g/mol. The number of hydrogen-bond acceptors (Lipinski definition) is 6. The zero-order chi connectivity index (χ0) is 18.2. The molecule has 134 valence electrons. The Kier molecular flexibility index (Phi) is 5.95. The molecule has 0 bridgehead atoms. The number of benzene rings is 2. The van der Waals surface area contributed by atoms with Gasteiger partial charge in [-0.1, -0.05) is 30.3 Å². The summed E-state index contributed by atoms with van der Waals surface area (Å²) >= 11 is 0. The van der Waals surface area contributed by atoms with Crippen molar-refractivity contribution in [2.45, 2.75) is 0 Å². The molecule has 0 atom stereocenters. The Morgan fingerprint density at radius 2 is 1.54 bits per heavy atom. The maximum Gasteiger partial charge on any atom is 0.292 e. The SMILES string of the molecule is O=[N+]([O-])c1ccccc1NCCNCCNc1cccc2cccnc12. The van der Waals surface area contributed by atoms with E-state index in [4.69, 9.17) is 0 Å². The molecule has 0 fully saturated rings. The van der Waals surface area contributed by atoms with Gasteiger partial charge >= 0.3 is 0 Å². The molecular weight excluding hydrogens is 330 g/mol. The maximum atomic E-state index is 11.0. The first-order valence-electron chi connectivity index (χ1n) is 8.51. The summed E-state index contributed by atoms with van der Waals surface area (Å²) in [5.74, 6) is 0. The maximum absolute atomic E-state index is 11.0. The van der Waals surface area contributed by atoms with Crippen LogP contribution in [0.3, 0.4) is 0 Å². The van der Waals surface area contributed by atoms with Crippen LogP contribution in [-0.4, -0.2) is 36.1 Å². The molecule has 0 saturated carbocycles. The van der Waals surface area contributed by atoms with E-state index in [0.717, 1.165) is 29.7 Å². The molecule has 0 aliphatic heterocycles. The summed E-state index contributed by atoms with van der Waals surface area (Å²) in [7, 11) is 0. The van der Waals surface area contributed by atoms with E-state index in [1.165, 1.54) is 6.07 Å². The fourth-order valence-electron chi connectivity index (χ4n) is 2.73. The first kappa shape index (κ1) is 17.6. The van der Waals surface area contributed by atoms with Gasteiger partial charge in [-0.25, -0.2) is 0 Å². The van der Waals surface area contributed by atoms with Crippen LogP contribution in [0.4, 0.5) is 17.1 Å². The van der Waals surface area contributed by atoms with Gasteiger partial charge in [-0.3, -0.25) is 15.1 Å². The van der Waals surface area contributed by atoms with Gasteiger partial charge in [0.2, 0.25) is 0 Å². The van der Waals surface area contributed by atoms with Crippen LogP contribution >= 0.6 is 0 Å². The summed E-state index contributed by atoms with van der Waals surface area (Å²) in [6.07, 6.45) is 1.79. The number of fused-ring (bicyclic) bond motifs is 1. The van der Waals surface area contributed by atoms with Gasteiger partial charge in [-0.15, -0.1) is 0 Å². The lowest BCUT2D eigenvalue weighted by atomic mass is 10.2. The Hall–Kier alpha value is -3.19. The molecule has 7 heteroatoms. The number of nitro groups is 1. The third kappa shape index (κ3) is 4.46. The molecule has 1 heterocycles. The molecular formula is C19H21N5O2. The standard InChI is InChI=1S/C19H21N5O2/c25-24(26)18-9-2-1-7-16(18)21-13-11-20-12-14-22-17-8-3-5-15-6-4-10-23-19(15)17/h1-10,20-22H,11-14H2. The first-order chi connectivity index (χ1) is 12.8. The Morgan fingerprint density at radius 1 is 0.846 bits per heavy atom. The van der Waals surface area contributed by atoms with E-state index in [2.05, 4.69) is 20.9 Å². The second kappa shape index (κ2) is 8.77. The zero-order valence-electron chi connectivity index (χ0n) is 14.3. The van der Waals surface area contributed by atoms with E-state index < -0.39 is 0 Å². The molecule has 1 aromatic heterocycles. The minimum atomic E-state index is -0.377. The molecule has 3 rings (SSSR count). The van der Waals surface area contributed by atoms with Gasteiger partial charge in [-0.2, -0.15) is 0 Å². The topological polar surface area (TPSA) is 92.1 Å². The average molecular weight is 351 g/mol. The van der Waals surface area contributed by atoms with Gasteiger partial charge in [0, 0.05) is 43.8 Å². The van der Waals surface area contributed by atoms with Gasteiger partial charge in [0.15, 0.2) is 0 Å². The van der Waals surface area contributed by atoms with Gasteiger partial charge in [0.25, 0.3) is 5.69 Å². The number of nitrogens with one attached hydrogen (secondary N) is 3. The molecule has 3 aromatic rings. The van der Waals surface area contributed by atoms with Crippen molar-refractivity contribution in [2.24, 2.45) is 0 Å². The molecule has 0 aliphatic carbocycles. The highest BCUT2D eigenvalue weighted by Crippen LogP contribution is 2.22. The van der Waals surface area contributed by atoms with E-state index in [9.17, 15) is 10.1 Å². The fraction of sp³-hybridized carbons (Fsp3) is 0.211. The third-order valence-electron chi connectivity index (χ3n) is 3.97. The molecule has 0 radical (unpaired) electrons. The Balaban J connectivity index is 1.39. The highest BCUT2D eigenvalue weighted by atomic mass is 16.6. The lowest BCUT2D eigenvalue weighted by Gasteiger charge is -2.11. The quantitative estimate of drug-likeness (QED) is 0.311. The zero-order valence-corrected chi connectivity index (χ0v) is 14.3. The van der Waals surface area contributed by atoms with Crippen molar-refractivity contribution in [3.05, 3.63) is 70.9 Å². The van der Waals surface area contributed by atoms with Crippen molar-refractivity contribution in [1.82, 2.24) is 10.3 Å². The van der Waals surface area contributed by atoms with Crippen LogP contribution in [0.5, 0.6) is 0 Å². The Morgan fingerprint density at radius 3 is 2.35 bits per heavy atom. The Bertz CT molecular complexity index is 879. The van der Waals surface area contributed by atoms with E-state index in [1.807, 2.05) is 30.3 Å². The molecule has 0 unspecified atom stereocenters. The second-order valence-electron chi connectivity index (χ2n) is 5.76. The van der Waals surface area contributed by atoms with Crippen molar-refractivity contribution in [3.63, 3.8) is 0 Å². The molecule has 2 aromatic carbocycles. The number of hydrogen-bond donors (Lipinski definition) is 3. The van der Waals surface area contributed by atoms with E-state index >= 15 is 0 Å². The third-order valence-corrected chi connectivity index (χ3v) is 3.97. The summed E-state index contributed by atoms with van der Waals surface area (Å²) < 4.78 is 0. The summed E-state index contributed by atoms with van der Waals surface area (Å²) in [5.41, 5.74) is 2.62. The minimum absolute atomic E-state index is 0.0950. The molecule has 0 amide bonds. The second-order valence-corrected chi connectivity index (χ2v) is 5.76. The number of aromatic nitrogens is 1. The van der Waals surface area contributed by atoms with Crippen LogP contribution in [0.25, 0.3) is 10.9 Å². The molecule has 26 heavy (non-hydrogen) atoms. The van der Waals surface area contributed by atoms with Crippen molar-refractivity contribution >= 4 is 28.0 Å². The number of pyridine rings is 1. The normalized spacial score (nSPS) is 10.6. The van der Waals surface area contributed by atoms with Crippen molar-refractivity contribution in [1.29, 1.82) is 0 Å². The summed E-state index contributed by atoms with van der Waals surface area (Å²) in [6.45, 7) is 2.87. The predicted molar refractivity (Wildman–Crippen MR) is 105 cm³/mol. The van der Waals surface area contributed by atoms with Crippen molar-refractivity contribution in [2.75, 3.05) is 36.8 Å². The van der Waals surface area contributed by atoms with Crippen LogP contribution in [0.1, 0.15) is 0 Å². The van der Waals surface area contributed by atoms with Crippen LogP contribution in [-0.2, 0) is 0 Å². The van der Waals surface area contributed by atoms with Crippen molar-refractivity contribution in [3.8, 4) is 0 Å². The fourth-order valence-corrected chi connectivity index (χ4v) is 2.73. The van der Waals surface area contributed by atoms with Crippen LogP contribution in [0.2, 0.25) is 0 Å². The predicted octanol–water partition coefficient (Wildman–Crippen LogP) is 3.26. The number of nitro benzene ring substituents is 1. The number of rotatable bonds is 9.